The number of pyridine rings is 1. The zero-order chi connectivity index (χ0) is 20.4. The largest absolute Gasteiger partial charge is 0.444 e. The Morgan fingerprint density at radius 3 is 2.64 bits per heavy atom. The summed E-state index contributed by atoms with van der Waals surface area (Å²) < 4.78 is 5.47. The molecular weight excluding hydrogens is 376 g/mol. The summed E-state index contributed by atoms with van der Waals surface area (Å²) in [5.74, 6) is 0.703. The summed E-state index contributed by atoms with van der Waals surface area (Å²) in [6, 6.07) is 5.77. The van der Waals surface area contributed by atoms with Crippen molar-refractivity contribution in [2.45, 2.75) is 51.6 Å². The third kappa shape index (κ3) is 4.80. The molecule has 8 heteroatoms. The number of aryl methyl sites for hydroxylation is 1. The molecule has 2 aromatic heterocycles. The first-order chi connectivity index (χ1) is 13.2. The number of amides is 1. The summed E-state index contributed by atoms with van der Waals surface area (Å²) in [6.45, 7) is 8.63. The van der Waals surface area contributed by atoms with Crippen molar-refractivity contribution in [3.8, 4) is 0 Å². The van der Waals surface area contributed by atoms with Crippen LogP contribution in [0.25, 0.3) is 0 Å². The highest BCUT2D eigenvalue weighted by atomic mass is 32.1. The monoisotopic (exact) mass is 404 g/mol. The number of aliphatic hydroxyl groups is 1. The van der Waals surface area contributed by atoms with Gasteiger partial charge in [-0.2, -0.15) is 0 Å². The van der Waals surface area contributed by atoms with Gasteiger partial charge in [-0.25, -0.2) is 14.8 Å². The fraction of sp³-hybridized carbons (Fsp3) is 0.550. The van der Waals surface area contributed by atoms with E-state index in [4.69, 9.17) is 9.72 Å². The molecule has 1 aliphatic rings. The Bertz CT molecular complexity index is 823. The van der Waals surface area contributed by atoms with Crippen molar-refractivity contribution in [1.29, 1.82) is 0 Å². The van der Waals surface area contributed by atoms with Crippen molar-refractivity contribution in [3.63, 3.8) is 0 Å². The number of aliphatic hydroxyl groups excluding tert-OH is 1. The zero-order valence-corrected chi connectivity index (χ0v) is 17.7. The van der Waals surface area contributed by atoms with Crippen molar-refractivity contribution >= 4 is 28.4 Å². The summed E-state index contributed by atoms with van der Waals surface area (Å²) in [5.41, 5.74) is -0.148. The number of nitrogens with one attached hydrogen (secondary N) is 1. The van der Waals surface area contributed by atoms with Crippen LogP contribution in [0.15, 0.2) is 24.4 Å². The molecule has 3 heterocycles. The van der Waals surface area contributed by atoms with Gasteiger partial charge in [-0.1, -0.05) is 6.07 Å². The molecule has 0 saturated carbocycles. The standard InChI is InChI=1S/C20H28N4O3S/c1-14-12-21-17(28-14)23-16-7-5-6-15(22-16)20(13-25)8-10-24(11-9-20)18(26)27-19(2,3)4/h5-7,12,25H,8-11,13H2,1-4H3,(H,21,22,23). The van der Waals surface area contributed by atoms with Gasteiger partial charge in [0, 0.05) is 29.6 Å². The third-order valence-corrected chi connectivity index (χ3v) is 5.65. The number of carbonyl (C=O) groups excluding carboxylic acids is 1. The molecule has 1 fully saturated rings. The van der Waals surface area contributed by atoms with E-state index in [-0.39, 0.29) is 12.7 Å². The van der Waals surface area contributed by atoms with Gasteiger partial charge < -0.3 is 20.1 Å². The molecule has 0 atom stereocenters. The van der Waals surface area contributed by atoms with E-state index in [1.165, 1.54) is 0 Å². The average molecular weight is 405 g/mol. The van der Waals surface area contributed by atoms with E-state index in [0.29, 0.717) is 31.7 Å². The van der Waals surface area contributed by atoms with E-state index < -0.39 is 11.0 Å². The minimum Gasteiger partial charge on any atom is -0.444 e. The van der Waals surface area contributed by atoms with E-state index >= 15 is 0 Å². The van der Waals surface area contributed by atoms with Crippen molar-refractivity contribution in [2.75, 3.05) is 25.0 Å². The Labute approximate surface area is 169 Å². The normalized spacial score (nSPS) is 16.7. The number of ether oxygens (including phenoxy) is 1. The summed E-state index contributed by atoms with van der Waals surface area (Å²) in [4.78, 5) is 24.2. The number of piperidine rings is 1. The lowest BCUT2D eigenvalue weighted by molar-refractivity contribution is 0.0119. The molecule has 28 heavy (non-hydrogen) atoms. The van der Waals surface area contributed by atoms with E-state index in [1.807, 2.05) is 52.1 Å². The van der Waals surface area contributed by atoms with Crippen molar-refractivity contribution in [1.82, 2.24) is 14.9 Å². The lowest BCUT2D eigenvalue weighted by Crippen LogP contribution is -2.48. The Morgan fingerprint density at radius 1 is 1.36 bits per heavy atom. The van der Waals surface area contributed by atoms with E-state index in [9.17, 15) is 9.90 Å². The first-order valence-electron chi connectivity index (χ1n) is 9.47. The molecule has 7 nitrogen and oxygen atoms in total. The van der Waals surface area contributed by atoms with Crippen LogP contribution in [0, 0.1) is 6.92 Å². The van der Waals surface area contributed by atoms with E-state index in [0.717, 1.165) is 15.7 Å². The van der Waals surface area contributed by atoms with Crippen LogP contribution >= 0.6 is 11.3 Å². The summed E-state index contributed by atoms with van der Waals surface area (Å²) in [6.07, 6.45) is 2.78. The lowest BCUT2D eigenvalue weighted by Gasteiger charge is -2.40. The molecule has 2 aromatic rings. The molecule has 1 amide bonds. The topological polar surface area (TPSA) is 87.6 Å². The number of anilines is 2. The number of hydrogen-bond acceptors (Lipinski definition) is 7. The van der Waals surface area contributed by atoms with Crippen molar-refractivity contribution in [2.24, 2.45) is 0 Å². The summed E-state index contributed by atoms with van der Waals surface area (Å²) in [5, 5.41) is 14.2. The highest BCUT2D eigenvalue weighted by Gasteiger charge is 2.39. The van der Waals surface area contributed by atoms with Crippen molar-refractivity contribution < 1.29 is 14.6 Å². The van der Waals surface area contributed by atoms with Gasteiger partial charge in [0.1, 0.15) is 11.4 Å². The van der Waals surface area contributed by atoms with Gasteiger partial charge in [-0.3, -0.25) is 0 Å². The van der Waals surface area contributed by atoms with Gasteiger partial charge in [0.05, 0.1) is 12.3 Å². The Kier molecular flexibility index (Phi) is 5.90. The molecule has 3 rings (SSSR count). The van der Waals surface area contributed by atoms with Gasteiger partial charge in [-0.15, -0.1) is 11.3 Å². The number of likely N-dealkylation sites (tertiary alicyclic amines) is 1. The van der Waals surface area contributed by atoms with Crippen LogP contribution in [0.3, 0.4) is 0 Å². The van der Waals surface area contributed by atoms with Crippen LogP contribution < -0.4 is 5.32 Å². The van der Waals surface area contributed by atoms with Crippen LogP contribution in [0.4, 0.5) is 15.7 Å². The lowest BCUT2D eigenvalue weighted by atomic mass is 9.76. The first-order valence-corrected chi connectivity index (χ1v) is 10.3. The number of thiazole rings is 1. The van der Waals surface area contributed by atoms with Crippen LogP contribution in [-0.2, 0) is 10.2 Å². The highest BCUT2D eigenvalue weighted by molar-refractivity contribution is 7.15. The molecule has 0 spiro atoms. The fourth-order valence-corrected chi connectivity index (χ4v) is 3.93. The third-order valence-electron chi connectivity index (χ3n) is 4.82. The SMILES string of the molecule is Cc1cnc(Nc2cccc(C3(CO)CCN(C(=O)OC(C)(C)C)CC3)n2)s1. The van der Waals surface area contributed by atoms with Gasteiger partial charge in [-0.05, 0) is 52.7 Å². The van der Waals surface area contributed by atoms with E-state index in [2.05, 4.69) is 10.3 Å². The smallest absolute Gasteiger partial charge is 0.410 e. The minimum atomic E-state index is -0.516. The van der Waals surface area contributed by atoms with Crippen LogP contribution in [0.1, 0.15) is 44.2 Å². The fourth-order valence-electron chi connectivity index (χ4n) is 3.26. The Morgan fingerprint density at radius 2 is 2.07 bits per heavy atom. The zero-order valence-electron chi connectivity index (χ0n) is 16.9. The highest BCUT2D eigenvalue weighted by Crippen LogP contribution is 2.35. The molecule has 0 bridgehead atoms. The van der Waals surface area contributed by atoms with Gasteiger partial charge >= 0.3 is 6.09 Å². The summed E-state index contributed by atoms with van der Waals surface area (Å²) >= 11 is 1.57. The second-order valence-corrected chi connectivity index (χ2v) is 9.45. The maximum Gasteiger partial charge on any atom is 0.410 e. The second-order valence-electron chi connectivity index (χ2n) is 8.21. The predicted molar refractivity (Wildman–Crippen MR) is 110 cm³/mol. The molecule has 0 aromatic carbocycles. The maximum absolute atomic E-state index is 12.3. The van der Waals surface area contributed by atoms with E-state index in [1.54, 1.807) is 16.2 Å². The van der Waals surface area contributed by atoms with Crippen LogP contribution in [0.5, 0.6) is 0 Å². The van der Waals surface area contributed by atoms with Gasteiger partial charge in [0.25, 0.3) is 0 Å². The van der Waals surface area contributed by atoms with Crippen LogP contribution in [-0.4, -0.2) is 51.4 Å². The molecule has 1 saturated heterocycles. The molecule has 0 radical (unpaired) electrons. The maximum atomic E-state index is 12.3. The number of carbonyl (C=O) groups is 1. The molecule has 1 aliphatic heterocycles. The Hall–Kier alpha value is -2.19. The molecular formula is C20H28N4O3S. The first kappa shape index (κ1) is 20.5. The number of aromatic nitrogens is 2. The molecule has 0 unspecified atom stereocenters. The minimum absolute atomic E-state index is 0.0119. The predicted octanol–water partition coefficient (Wildman–Crippen LogP) is 3.85. The average Bonchev–Trinajstić information content (AvgIpc) is 3.05. The van der Waals surface area contributed by atoms with Crippen LogP contribution in [0.2, 0.25) is 0 Å². The molecule has 152 valence electrons. The van der Waals surface area contributed by atoms with Crippen molar-refractivity contribution in [3.05, 3.63) is 35.0 Å². The van der Waals surface area contributed by atoms with Gasteiger partial charge in [0.2, 0.25) is 0 Å². The molecule has 0 aliphatic carbocycles. The quantitative estimate of drug-likeness (QED) is 0.805. The Balaban J connectivity index is 1.71. The number of rotatable bonds is 4. The molecule has 2 N–H and O–H groups in total. The summed E-state index contributed by atoms with van der Waals surface area (Å²) in [7, 11) is 0. The number of hydrogen-bond donors (Lipinski definition) is 2. The number of nitrogens with zero attached hydrogens (tertiary/aromatic N) is 3. The van der Waals surface area contributed by atoms with Gasteiger partial charge in [0.15, 0.2) is 5.13 Å². The second kappa shape index (κ2) is 8.05.